The second-order valence-corrected chi connectivity index (χ2v) is 5.59. The van der Waals surface area contributed by atoms with E-state index in [1.165, 1.54) is 19.2 Å². The summed E-state index contributed by atoms with van der Waals surface area (Å²) in [6.45, 7) is 0.363. The van der Waals surface area contributed by atoms with E-state index in [1.54, 1.807) is 30.3 Å². The molecule has 0 heterocycles. The van der Waals surface area contributed by atoms with E-state index in [0.717, 1.165) is 5.56 Å². The Labute approximate surface area is 176 Å². The molecule has 0 atom stereocenters. The van der Waals surface area contributed by atoms with Crippen LogP contribution in [0.2, 0.25) is 5.02 Å². The molecule has 0 amide bonds. The molecule has 10 heteroatoms. The molecule has 0 aliphatic rings. The maximum atomic E-state index is 12.1. The number of guanidine groups is 1. The first-order chi connectivity index (χ1) is 12.3. The van der Waals surface area contributed by atoms with Gasteiger partial charge in [-0.05, 0) is 42.3 Å². The topological polar surface area (TPSA) is 68.9 Å². The molecule has 0 saturated carbocycles. The fourth-order valence-corrected chi connectivity index (χ4v) is 2.35. The van der Waals surface area contributed by atoms with E-state index in [-0.39, 0.29) is 35.7 Å². The molecule has 0 spiro atoms. The molecule has 2 aromatic carbocycles. The number of aliphatic imine (C=N–C) groups is 1. The zero-order valence-corrected chi connectivity index (χ0v) is 17.3. The van der Waals surface area contributed by atoms with Crippen molar-refractivity contribution < 1.29 is 22.6 Å². The van der Waals surface area contributed by atoms with Gasteiger partial charge in [0.25, 0.3) is 0 Å². The first-order valence-corrected chi connectivity index (χ1v) is 7.90. The highest BCUT2D eigenvalue weighted by Gasteiger charge is 2.30. The normalized spacial score (nSPS) is 11.5. The quantitative estimate of drug-likeness (QED) is 0.328. The molecule has 0 unspecified atom stereocenters. The van der Waals surface area contributed by atoms with Gasteiger partial charge in [-0.2, -0.15) is 0 Å². The lowest BCUT2D eigenvalue weighted by molar-refractivity contribution is -0.274. The molecular formula is C17H18ClF3IN3O2. The number of benzene rings is 2. The number of nitrogens with one attached hydrogen (secondary N) is 1. The Morgan fingerprint density at radius 1 is 1.19 bits per heavy atom. The third-order valence-corrected chi connectivity index (χ3v) is 3.56. The Hall–Kier alpha value is -1.88. The molecule has 148 valence electrons. The van der Waals surface area contributed by atoms with Gasteiger partial charge in [-0.25, -0.2) is 0 Å². The molecule has 27 heavy (non-hydrogen) atoms. The molecule has 0 bridgehead atoms. The number of methoxy groups -OCH3 is 1. The van der Waals surface area contributed by atoms with Crippen LogP contribution >= 0.6 is 35.6 Å². The third-order valence-electron chi connectivity index (χ3n) is 3.26. The van der Waals surface area contributed by atoms with Crippen LogP contribution in [0.15, 0.2) is 47.5 Å². The van der Waals surface area contributed by atoms with Crippen molar-refractivity contribution in [2.45, 2.75) is 12.8 Å². The van der Waals surface area contributed by atoms with Crippen LogP contribution in [0.25, 0.3) is 0 Å². The van der Waals surface area contributed by atoms with Gasteiger partial charge in [0, 0.05) is 12.2 Å². The number of ether oxygens (including phenoxy) is 2. The van der Waals surface area contributed by atoms with E-state index in [9.17, 15) is 13.2 Å². The maximum Gasteiger partial charge on any atom is 0.573 e. The molecule has 0 saturated heterocycles. The number of rotatable bonds is 6. The van der Waals surface area contributed by atoms with Gasteiger partial charge >= 0.3 is 6.36 Å². The summed E-state index contributed by atoms with van der Waals surface area (Å²) >= 11 is 6.02. The van der Waals surface area contributed by atoms with E-state index in [2.05, 4.69) is 15.0 Å². The van der Waals surface area contributed by atoms with Crippen molar-refractivity contribution in [1.82, 2.24) is 0 Å². The molecule has 3 N–H and O–H groups in total. The first kappa shape index (κ1) is 23.2. The summed E-state index contributed by atoms with van der Waals surface area (Å²) in [5.74, 6) is 0.483. The number of anilines is 1. The average Bonchev–Trinajstić information content (AvgIpc) is 2.55. The fourth-order valence-electron chi connectivity index (χ4n) is 2.09. The van der Waals surface area contributed by atoms with Crippen LogP contribution in [0.1, 0.15) is 5.56 Å². The molecule has 5 nitrogen and oxygen atoms in total. The molecule has 2 rings (SSSR count). The van der Waals surface area contributed by atoms with Crippen molar-refractivity contribution in [2.75, 3.05) is 19.0 Å². The molecule has 2 aromatic rings. The van der Waals surface area contributed by atoms with Crippen LogP contribution in [-0.4, -0.2) is 26.0 Å². The highest BCUT2D eigenvalue weighted by Crippen LogP contribution is 2.27. The molecular weight excluding hydrogens is 498 g/mol. The minimum absolute atomic E-state index is 0. The molecule has 0 aliphatic heterocycles. The van der Waals surface area contributed by atoms with Crippen LogP contribution < -0.4 is 20.5 Å². The number of nitrogens with zero attached hydrogens (tertiary/aromatic N) is 1. The molecule has 0 aromatic heterocycles. The van der Waals surface area contributed by atoms with E-state index in [0.29, 0.717) is 29.4 Å². The summed E-state index contributed by atoms with van der Waals surface area (Å²) in [6.07, 6.45) is -4.19. The minimum atomic E-state index is -4.70. The lowest BCUT2D eigenvalue weighted by Gasteiger charge is -2.09. The molecule has 0 fully saturated rings. The van der Waals surface area contributed by atoms with Crippen molar-refractivity contribution in [2.24, 2.45) is 10.7 Å². The predicted octanol–water partition coefficient (Wildman–Crippen LogP) is 4.83. The predicted molar refractivity (Wildman–Crippen MR) is 110 cm³/mol. The lowest BCUT2D eigenvalue weighted by Crippen LogP contribution is -2.23. The molecule has 0 aliphatic carbocycles. The van der Waals surface area contributed by atoms with E-state index >= 15 is 0 Å². The van der Waals surface area contributed by atoms with Crippen molar-refractivity contribution in [3.8, 4) is 11.5 Å². The van der Waals surface area contributed by atoms with Crippen LogP contribution in [0, 0.1) is 0 Å². The van der Waals surface area contributed by atoms with Gasteiger partial charge in [-0.15, -0.1) is 37.1 Å². The summed E-state index contributed by atoms with van der Waals surface area (Å²) in [7, 11) is 1.52. The zero-order chi connectivity index (χ0) is 19.2. The SMILES string of the molecule is COc1ccc(NC(N)=NCCc2ccc(OC(F)(F)F)cc2)cc1Cl.I. The number of hydrogen-bond acceptors (Lipinski definition) is 3. The van der Waals surface area contributed by atoms with E-state index in [4.69, 9.17) is 22.1 Å². The second-order valence-electron chi connectivity index (χ2n) is 5.18. The van der Waals surface area contributed by atoms with Crippen molar-refractivity contribution in [1.29, 1.82) is 0 Å². The Balaban J connectivity index is 0.00000364. The standard InChI is InChI=1S/C17H17ClF3N3O2.HI/c1-25-15-7-4-12(10-14(15)18)24-16(22)23-9-8-11-2-5-13(6-3-11)26-17(19,20)21;/h2-7,10H,8-9H2,1H3,(H3,22,23,24);1H. The fraction of sp³-hybridized carbons (Fsp3) is 0.235. The number of alkyl halides is 3. The number of halogens is 5. The van der Waals surface area contributed by atoms with Gasteiger partial charge in [0.05, 0.1) is 12.1 Å². The van der Waals surface area contributed by atoms with Crippen LogP contribution in [0.4, 0.5) is 18.9 Å². The first-order valence-electron chi connectivity index (χ1n) is 7.52. The van der Waals surface area contributed by atoms with Gasteiger partial charge in [0.15, 0.2) is 5.96 Å². The second kappa shape index (κ2) is 10.5. The largest absolute Gasteiger partial charge is 0.573 e. The van der Waals surface area contributed by atoms with E-state index in [1.807, 2.05) is 0 Å². The summed E-state index contributed by atoms with van der Waals surface area (Å²) in [5, 5.41) is 3.33. The third kappa shape index (κ3) is 8.12. The smallest absolute Gasteiger partial charge is 0.495 e. The Morgan fingerprint density at radius 3 is 2.41 bits per heavy atom. The van der Waals surface area contributed by atoms with E-state index < -0.39 is 6.36 Å². The van der Waals surface area contributed by atoms with Gasteiger partial charge in [0.1, 0.15) is 11.5 Å². The van der Waals surface area contributed by atoms with Crippen LogP contribution in [0.3, 0.4) is 0 Å². The molecule has 0 radical (unpaired) electrons. The Bertz CT molecular complexity index is 771. The lowest BCUT2D eigenvalue weighted by atomic mass is 10.1. The number of hydrogen-bond donors (Lipinski definition) is 2. The number of nitrogens with two attached hydrogens (primary N) is 1. The van der Waals surface area contributed by atoms with Crippen molar-refractivity contribution in [3.05, 3.63) is 53.1 Å². The zero-order valence-electron chi connectivity index (χ0n) is 14.2. The van der Waals surface area contributed by atoms with Crippen molar-refractivity contribution in [3.63, 3.8) is 0 Å². The van der Waals surface area contributed by atoms with Gasteiger partial charge < -0.3 is 20.5 Å². The van der Waals surface area contributed by atoms with Crippen LogP contribution in [-0.2, 0) is 6.42 Å². The van der Waals surface area contributed by atoms with Crippen LogP contribution in [0.5, 0.6) is 11.5 Å². The minimum Gasteiger partial charge on any atom is -0.495 e. The summed E-state index contributed by atoms with van der Waals surface area (Å²) < 4.78 is 45.2. The average molecular weight is 516 g/mol. The van der Waals surface area contributed by atoms with Gasteiger partial charge in [-0.1, -0.05) is 23.7 Å². The highest BCUT2D eigenvalue weighted by molar-refractivity contribution is 14.0. The van der Waals surface area contributed by atoms with Gasteiger partial charge in [0.2, 0.25) is 0 Å². The summed E-state index contributed by atoms with van der Waals surface area (Å²) in [4.78, 5) is 4.17. The maximum absolute atomic E-state index is 12.1. The summed E-state index contributed by atoms with van der Waals surface area (Å²) in [5.41, 5.74) is 7.27. The highest BCUT2D eigenvalue weighted by atomic mass is 127. The Morgan fingerprint density at radius 2 is 1.85 bits per heavy atom. The Kier molecular flexibility index (Phi) is 8.97. The van der Waals surface area contributed by atoms with Crippen molar-refractivity contribution >= 4 is 47.2 Å². The summed E-state index contributed by atoms with van der Waals surface area (Å²) in [6, 6.07) is 10.7. The van der Waals surface area contributed by atoms with Gasteiger partial charge in [-0.3, -0.25) is 4.99 Å². The monoisotopic (exact) mass is 515 g/mol.